The molecule has 20 heavy (non-hydrogen) atoms. The Morgan fingerprint density at radius 2 is 1.85 bits per heavy atom. The second-order valence-corrected chi connectivity index (χ2v) is 6.04. The van der Waals surface area contributed by atoms with Gasteiger partial charge in [-0.3, -0.25) is 0 Å². The van der Waals surface area contributed by atoms with Gasteiger partial charge in [-0.15, -0.1) is 0 Å². The first kappa shape index (κ1) is 15.5. The quantitative estimate of drug-likeness (QED) is 0.802. The van der Waals surface area contributed by atoms with Gasteiger partial charge in [0.2, 0.25) is 0 Å². The number of ether oxygens (including phenoxy) is 1. The highest BCUT2D eigenvalue weighted by molar-refractivity contribution is 9.10. The van der Waals surface area contributed by atoms with Gasteiger partial charge in [0.05, 0.1) is 13.2 Å². The molecule has 1 N–H and O–H groups in total. The summed E-state index contributed by atoms with van der Waals surface area (Å²) in [5.41, 5.74) is 1.93. The maximum absolute atomic E-state index is 13.2. The second kappa shape index (κ2) is 6.70. The highest BCUT2D eigenvalue weighted by Gasteiger charge is 2.19. The second-order valence-electron chi connectivity index (χ2n) is 4.27. The van der Waals surface area contributed by atoms with Gasteiger partial charge in [0.15, 0.2) is 0 Å². The summed E-state index contributed by atoms with van der Waals surface area (Å²) in [5, 5.41) is 3.24. The zero-order valence-corrected chi connectivity index (χ0v) is 14.3. The van der Waals surface area contributed by atoms with Crippen LogP contribution >= 0.6 is 31.9 Å². The summed E-state index contributed by atoms with van der Waals surface area (Å²) in [6.07, 6.45) is 0. The normalized spacial score (nSPS) is 12.2. The number of methoxy groups -OCH3 is 1. The predicted molar refractivity (Wildman–Crippen MR) is 85.7 cm³/mol. The number of hydrogen-bond donors (Lipinski definition) is 1. The van der Waals surface area contributed by atoms with Crippen molar-refractivity contribution in [3.63, 3.8) is 0 Å². The summed E-state index contributed by atoms with van der Waals surface area (Å²) in [5.74, 6) is 0.514. The smallest absolute Gasteiger partial charge is 0.124 e. The Labute approximate surface area is 134 Å². The zero-order valence-electron chi connectivity index (χ0n) is 11.1. The molecule has 0 amide bonds. The largest absolute Gasteiger partial charge is 0.496 e. The summed E-state index contributed by atoms with van der Waals surface area (Å²) in [6.45, 7) is 0. The minimum atomic E-state index is -0.267. The molecule has 0 bridgehead atoms. The van der Waals surface area contributed by atoms with Crippen molar-refractivity contribution in [3.8, 4) is 5.75 Å². The van der Waals surface area contributed by atoms with Gasteiger partial charge >= 0.3 is 0 Å². The summed E-state index contributed by atoms with van der Waals surface area (Å²) < 4.78 is 20.3. The van der Waals surface area contributed by atoms with Crippen molar-refractivity contribution in [3.05, 3.63) is 62.3 Å². The molecular weight excluding hydrogens is 389 g/mol. The van der Waals surface area contributed by atoms with E-state index in [2.05, 4.69) is 37.2 Å². The van der Waals surface area contributed by atoms with E-state index < -0.39 is 0 Å². The molecule has 0 aliphatic rings. The monoisotopic (exact) mass is 401 g/mol. The lowest BCUT2D eigenvalue weighted by Crippen LogP contribution is -2.19. The van der Waals surface area contributed by atoms with Crippen LogP contribution in [0, 0.1) is 5.82 Å². The Bertz CT molecular complexity index is 619. The van der Waals surface area contributed by atoms with E-state index in [4.69, 9.17) is 4.74 Å². The van der Waals surface area contributed by atoms with Crippen LogP contribution in [0.4, 0.5) is 4.39 Å². The van der Waals surface area contributed by atoms with Crippen molar-refractivity contribution >= 4 is 31.9 Å². The number of rotatable bonds is 4. The van der Waals surface area contributed by atoms with Crippen LogP contribution in [-0.2, 0) is 0 Å². The van der Waals surface area contributed by atoms with Gasteiger partial charge in [-0.25, -0.2) is 4.39 Å². The Kier molecular flexibility index (Phi) is 5.18. The van der Waals surface area contributed by atoms with Crippen molar-refractivity contribution < 1.29 is 9.13 Å². The molecule has 2 nitrogen and oxygen atoms in total. The average Bonchev–Trinajstić information content (AvgIpc) is 2.42. The van der Waals surface area contributed by atoms with Crippen LogP contribution < -0.4 is 10.1 Å². The Hall–Kier alpha value is -0.910. The van der Waals surface area contributed by atoms with Crippen molar-refractivity contribution in [1.29, 1.82) is 0 Å². The van der Waals surface area contributed by atoms with E-state index in [-0.39, 0.29) is 11.9 Å². The molecule has 0 saturated heterocycles. The van der Waals surface area contributed by atoms with Crippen molar-refractivity contribution in [2.45, 2.75) is 6.04 Å². The number of halogens is 3. The molecule has 106 valence electrons. The Balaban J connectivity index is 2.54. The molecule has 0 aliphatic heterocycles. The summed E-state index contributed by atoms with van der Waals surface area (Å²) in [4.78, 5) is 0. The molecule has 1 unspecified atom stereocenters. The van der Waals surface area contributed by atoms with E-state index in [9.17, 15) is 4.39 Å². The molecule has 2 rings (SSSR count). The number of nitrogens with one attached hydrogen (secondary N) is 1. The average molecular weight is 403 g/mol. The van der Waals surface area contributed by atoms with Gasteiger partial charge in [0, 0.05) is 14.5 Å². The van der Waals surface area contributed by atoms with E-state index in [0.717, 1.165) is 25.8 Å². The van der Waals surface area contributed by atoms with Crippen molar-refractivity contribution in [2.75, 3.05) is 14.2 Å². The molecular formula is C15H14Br2FNO. The molecule has 2 aromatic rings. The summed E-state index contributed by atoms with van der Waals surface area (Å²) >= 11 is 6.89. The molecule has 0 heterocycles. The Morgan fingerprint density at radius 3 is 2.45 bits per heavy atom. The maximum atomic E-state index is 13.2. The molecule has 0 fully saturated rings. The van der Waals surface area contributed by atoms with Crippen LogP contribution in [0.1, 0.15) is 17.2 Å². The standard InChI is InChI=1S/C15H14Br2FNO/c1-19-15(11-5-4-10(18)8-13(11)17)12-7-9(16)3-6-14(12)20-2/h3-8,15,19H,1-2H3. The lowest BCUT2D eigenvalue weighted by Gasteiger charge is -2.21. The lowest BCUT2D eigenvalue weighted by atomic mass is 9.98. The summed E-state index contributed by atoms with van der Waals surface area (Å²) in [6, 6.07) is 10.4. The van der Waals surface area contributed by atoms with Crippen molar-refractivity contribution in [1.82, 2.24) is 5.32 Å². The van der Waals surface area contributed by atoms with E-state index in [1.165, 1.54) is 12.1 Å². The number of hydrogen-bond acceptors (Lipinski definition) is 2. The molecule has 5 heteroatoms. The summed E-state index contributed by atoms with van der Waals surface area (Å²) in [7, 11) is 3.50. The molecule has 0 aliphatic carbocycles. The topological polar surface area (TPSA) is 21.3 Å². The first-order valence-corrected chi connectivity index (χ1v) is 7.61. The third-order valence-electron chi connectivity index (χ3n) is 3.06. The van der Waals surface area contributed by atoms with E-state index >= 15 is 0 Å². The molecule has 0 radical (unpaired) electrons. The first-order valence-electron chi connectivity index (χ1n) is 6.02. The van der Waals surface area contributed by atoms with Crippen LogP contribution in [-0.4, -0.2) is 14.2 Å². The lowest BCUT2D eigenvalue weighted by molar-refractivity contribution is 0.405. The van der Waals surface area contributed by atoms with Gasteiger partial charge in [-0.05, 0) is 42.9 Å². The van der Waals surface area contributed by atoms with Crippen LogP contribution in [0.15, 0.2) is 45.3 Å². The van der Waals surface area contributed by atoms with Gasteiger partial charge in [-0.1, -0.05) is 37.9 Å². The maximum Gasteiger partial charge on any atom is 0.124 e. The highest BCUT2D eigenvalue weighted by Crippen LogP contribution is 2.35. The van der Waals surface area contributed by atoms with Crippen LogP contribution in [0.5, 0.6) is 5.75 Å². The van der Waals surface area contributed by atoms with Gasteiger partial charge in [0.25, 0.3) is 0 Å². The van der Waals surface area contributed by atoms with Crippen LogP contribution in [0.2, 0.25) is 0 Å². The van der Waals surface area contributed by atoms with Gasteiger partial charge < -0.3 is 10.1 Å². The van der Waals surface area contributed by atoms with Gasteiger partial charge in [-0.2, -0.15) is 0 Å². The van der Waals surface area contributed by atoms with Crippen LogP contribution in [0.25, 0.3) is 0 Å². The van der Waals surface area contributed by atoms with Gasteiger partial charge in [0.1, 0.15) is 11.6 Å². The highest BCUT2D eigenvalue weighted by atomic mass is 79.9. The fourth-order valence-corrected chi connectivity index (χ4v) is 3.10. The molecule has 1 atom stereocenters. The fraction of sp³-hybridized carbons (Fsp3) is 0.200. The third kappa shape index (κ3) is 3.22. The minimum Gasteiger partial charge on any atom is -0.496 e. The SMILES string of the molecule is CNC(c1ccc(F)cc1Br)c1cc(Br)ccc1OC. The molecule has 2 aromatic carbocycles. The molecule has 0 saturated carbocycles. The third-order valence-corrected chi connectivity index (χ3v) is 4.24. The zero-order chi connectivity index (χ0) is 14.7. The number of benzene rings is 2. The van der Waals surface area contributed by atoms with Crippen LogP contribution in [0.3, 0.4) is 0 Å². The predicted octanol–water partition coefficient (Wildman–Crippen LogP) is 4.67. The Morgan fingerprint density at radius 1 is 1.10 bits per heavy atom. The minimum absolute atomic E-state index is 0.0996. The van der Waals surface area contributed by atoms with Crippen molar-refractivity contribution in [2.24, 2.45) is 0 Å². The first-order chi connectivity index (χ1) is 9.56. The molecule has 0 aromatic heterocycles. The van der Waals surface area contributed by atoms with E-state index in [1.807, 2.05) is 25.2 Å². The van der Waals surface area contributed by atoms with E-state index in [1.54, 1.807) is 13.2 Å². The molecule has 0 spiro atoms. The van der Waals surface area contributed by atoms with E-state index in [0.29, 0.717) is 0 Å². The fourth-order valence-electron chi connectivity index (χ4n) is 2.14.